The number of hydrogen-bond donors (Lipinski definition) is 1. The van der Waals surface area contributed by atoms with E-state index < -0.39 is 4.92 Å². The van der Waals surface area contributed by atoms with Gasteiger partial charge in [0.15, 0.2) is 11.5 Å². The fraction of sp³-hybridized carbons (Fsp3) is 0. The molecule has 0 atom stereocenters. The van der Waals surface area contributed by atoms with Gasteiger partial charge in [-0.2, -0.15) is 0 Å². The van der Waals surface area contributed by atoms with Crippen LogP contribution in [0.5, 0.6) is 17.2 Å². The summed E-state index contributed by atoms with van der Waals surface area (Å²) < 4.78 is 7.30. The largest absolute Gasteiger partial charge is 0.504 e. The molecule has 0 aromatic heterocycles. The van der Waals surface area contributed by atoms with Crippen molar-refractivity contribution in [3.05, 3.63) is 53.9 Å². The van der Waals surface area contributed by atoms with E-state index >= 15 is 0 Å². The standard InChI is InChI=1S/C12H6Br3NO4/c13-6-1-2-11(9(3-6)16(18)19)20-12-5-8(15)7(14)4-10(12)17/h1-5,17H. The summed E-state index contributed by atoms with van der Waals surface area (Å²) in [4.78, 5) is 10.4. The first-order valence-electron chi connectivity index (χ1n) is 5.18. The van der Waals surface area contributed by atoms with Gasteiger partial charge in [-0.1, -0.05) is 15.9 Å². The lowest BCUT2D eigenvalue weighted by Gasteiger charge is -2.09. The third-order valence-corrected chi connectivity index (χ3v) is 4.68. The second-order valence-electron chi connectivity index (χ2n) is 3.71. The van der Waals surface area contributed by atoms with Crippen molar-refractivity contribution < 1.29 is 14.8 Å². The smallest absolute Gasteiger partial charge is 0.312 e. The van der Waals surface area contributed by atoms with Crippen molar-refractivity contribution in [2.75, 3.05) is 0 Å². The SMILES string of the molecule is O=[N+]([O-])c1cc(Br)ccc1Oc1cc(Br)c(Br)cc1O. The zero-order valence-electron chi connectivity index (χ0n) is 9.64. The number of nitro groups is 1. The highest BCUT2D eigenvalue weighted by Crippen LogP contribution is 2.40. The van der Waals surface area contributed by atoms with Gasteiger partial charge in [0.1, 0.15) is 0 Å². The average Bonchev–Trinajstić information content (AvgIpc) is 2.37. The fourth-order valence-corrected chi connectivity index (χ4v) is 2.44. The normalized spacial score (nSPS) is 10.3. The molecule has 0 saturated carbocycles. The molecular formula is C12H6Br3NO4. The first-order valence-corrected chi connectivity index (χ1v) is 7.56. The van der Waals surface area contributed by atoms with E-state index in [-0.39, 0.29) is 22.9 Å². The van der Waals surface area contributed by atoms with Crippen LogP contribution < -0.4 is 4.74 Å². The maximum absolute atomic E-state index is 11.0. The minimum atomic E-state index is -0.551. The highest BCUT2D eigenvalue weighted by atomic mass is 79.9. The third kappa shape index (κ3) is 3.31. The van der Waals surface area contributed by atoms with Crippen LogP contribution in [-0.2, 0) is 0 Å². The van der Waals surface area contributed by atoms with E-state index in [1.54, 1.807) is 6.07 Å². The Morgan fingerprint density at radius 3 is 2.35 bits per heavy atom. The molecule has 0 aliphatic rings. The molecule has 0 amide bonds. The van der Waals surface area contributed by atoms with Crippen LogP contribution in [0.3, 0.4) is 0 Å². The number of rotatable bonds is 3. The van der Waals surface area contributed by atoms with Gasteiger partial charge in [0.25, 0.3) is 0 Å². The zero-order valence-corrected chi connectivity index (χ0v) is 14.4. The molecule has 0 saturated heterocycles. The minimum Gasteiger partial charge on any atom is -0.504 e. The monoisotopic (exact) mass is 465 g/mol. The number of halogens is 3. The Balaban J connectivity index is 2.45. The molecule has 0 unspecified atom stereocenters. The molecule has 0 aliphatic carbocycles. The molecule has 2 rings (SSSR count). The molecule has 2 aromatic rings. The summed E-state index contributed by atoms with van der Waals surface area (Å²) in [7, 11) is 0. The molecule has 1 N–H and O–H groups in total. The van der Waals surface area contributed by atoms with Gasteiger partial charge in [-0.3, -0.25) is 10.1 Å². The average molecular weight is 468 g/mol. The molecule has 0 bridgehead atoms. The number of ether oxygens (including phenoxy) is 1. The van der Waals surface area contributed by atoms with Gasteiger partial charge in [0, 0.05) is 19.5 Å². The summed E-state index contributed by atoms with van der Waals surface area (Å²) >= 11 is 9.67. The van der Waals surface area contributed by atoms with Crippen LogP contribution in [0.4, 0.5) is 5.69 Å². The van der Waals surface area contributed by atoms with Crippen molar-refractivity contribution >= 4 is 53.5 Å². The lowest BCUT2D eigenvalue weighted by molar-refractivity contribution is -0.385. The zero-order chi connectivity index (χ0) is 14.9. The quantitative estimate of drug-likeness (QED) is 0.486. The van der Waals surface area contributed by atoms with E-state index in [0.29, 0.717) is 13.4 Å². The Morgan fingerprint density at radius 2 is 1.70 bits per heavy atom. The van der Waals surface area contributed by atoms with E-state index in [9.17, 15) is 15.2 Å². The van der Waals surface area contributed by atoms with E-state index in [1.807, 2.05) is 0 Å². The van der Waals surface area contributed by atoms with Crippen LogP contribution in [0.25, 0.3) is 0 Å². The molecule has 5 nitrogen and oxygen atoms in total. The van der Waals surface area contributed by atoms with Gasteiger partial charge >= 0.3 is 5.69 Å². The van der Waals surface area contributed by atoms with Crippen molar-refractivity contribution in [3.8, 4) is 17.2 Å². The van der Waals surface area contributed by atoms with Crippen LogP contribution in [0.1, 0.15) is 0 Å². The highest BCUT2D eigenvalue weighted by molar-refractivity contribution is 9.13. The van der Waals surface area contributed by atoms with Gasteiger partial charge in [-0.25, -0.2) is 0 Å². The molecule has 0 spiro atoms. The maximum atomic E-state index is 11.0. The Hall–Kier alpha value is -1.12. The Bertz CT molecular complexity index is 691. The summed E-state index contributed by atoms with van der Waals surface area (Å²) in [6.45, 7) is 0. The molecule has 0 aliphatic heterocycles. The minimum absolute atomic E-state index is 0.0442. The van der Waals surface area contributed by atoms with E-state index in [4.69, 9.17) is 4.74 Å². The van der Waals surface area contributed by atoms with Crippen LogP contribution in [0, 0.1) is 10.1 Å². The van der Waals surface area contributed by atoms with Gasteiger partial charge in [0.2, 0.25) is 5.75 Å². The van der Waals surface area contributed by atoms with Crippen molar-refractivity contribution in [2.45, 2.75) is 0 Å². The van der Waals surface area contributed by atoms with Crippen LogP contribution in [-0.4, -0.2) is 10.0 Å². The fourth-order valence-electron chi connectivity index (χ4n) is 1.44. The predicted molar refractivity (Wildman–Crippen MR) is 84.4 cm³/mol. The topological polar surface area (TPSA) is 72.6 Å². The number of nitro benzene ring substituents is 1. The summed E-state index contributed by atoms with van der Waals surface area (Å²) in [6, 6.07) is 7.36. The summed E-state index contributed by atoms with van der Waals surface area (Å²) in [5.74, 6) is 0.0329. The van der Waals surface area contributed by atoms with Crippen LogP contribution >= 0.6 is 47.8 Å². The molecule has 0 radical (unpaired) electrons. The maximum Gasteiger partial charge on any atom is 0.312 e. The van der Waals surface area contributed by atoms with Gasteiger partial charge < -0.3 is 9.84 Å². The lowest BCUT2D eigenvalue weighted by Crippen LogP contribution is -1.94. The van der Waals surface area contributed by atoms with Crippen LogP contribution in [0.2, 0.25) is 0 Å². The summed E-state index contributed by atoms with van der Waals surface area (Å²) in [5, 5.41) is 20.8. The first kappa shape index (κ1) is 15.3. The van der Waals surface area contributed by atoms with Crippen molar-refractivity contribution in [1.82, 2.24) is 0 Å². The summed E-state index contributed by atoms with van der Waals surface area (Å²) in [6.07, 6.45) is 0. The van der Waals surface area contributed by atoms with Crippen molar-refractivity contribution in [1.29, 1.82) is 0 Å². The molecule has 0 fully saturated rings. The first-order chi connectivity index (χ1) is 9.38. The van der Waals surface area contributed by atoms with Gasteiger partial charge in [-0.15, -0.1) is 0 Å². The number of aromatic hydroxyl groups is 1. The second-order valence-corrected chi connectivity index (χ2v) is 6.33. The Kier molecular flexibility index (Phi) is 4.66. The highest BCUT2D eigenvalue weighted by Gasteiger charge is 2.18. The molecule has 2 aromatic carbocycles. The van der Waals surface area contributed by atoms with Crippen LogP contribution in [0.15, 0.2) is 43.7 Å². The number of benzene rings is 2. The lowest BCUT2D eigenvalue weighted by atomic mass is 10.3. The predicted octanol–water partition coefficient (Wildman–Crippen LogP) is 5.38. The second kappa shape index (κ2) is 6.11. The number of nitrogens with zero attached hydrogens (tertiary/aromatic N) is 1. The third-order valence-electron chi connectivity index (χ3n) is 2.34. The van der Waals surface area contributed by atoms with E-state index in [1.165, 1.54) is 24.3 Å². The number of phenols is 1. The van der Waals surface area contributed by atoms with Gasteiger partial charge in [0.05, 0.1) is 4.92 Å². The number of phenolic OH excluding ortho intramolecular Hbond substituents is 1. The van der Waals surface area contributed by atoms with Gasteiger partial charge in [-0.05, 0) is 56.1 Å². The molecule has 104 valence electrons. The van der Waals surface area contributed by atoms with Crippen molar-refractivity contribution in [3.63, 3.8) is 0 Å². The molecule has 20 heavy (non-hydrogen) atoms. The molecule has 8 heteroatoms. The Morgan fingerprint density at radius 1 is 1.05 bits per heavy atom. The Labute approximate surface area is 139 Å². The molecule has 0 heterocycles. The summed E-state index contributed by atoms with van der Waals surface area (Å²) in [5.41, 5.74) is -0.196. The molecular weight excluding hydrogens is 462 g/mol. The number of hydrogen-bond acceptors (Lipinski definition) is 4. The van der Waals surface area contributed by atoms with E-state index in [2.05, 4.69) is 47.8 Å². The van der Waals surface area contributed by atoms with Crippen molar-refractivity contribution in [2.24, 2.45) is 0 Å². The van der Waals surface area contributed by atoms with E-state index in [0.717, 1.165) is 0 Å².